The molecule has 186 valence electrons. The maximum absolute atomic E-state index is 13.3. The van der Waals surface area contributed by atoms with Crippen molar-refractivity contribution in [1.82, 2.24) is 24.6 Å². The maximum atomic E-state index is 13.3. The molecule has 5 heterocycles. The van der Waals surface area contributed by atoms with Crippen LogP contribution in [0.25, 0.3) is 5.69 Å². The molecule has 1 aromatic carbocycles. The number of benzene rings is 1. The van der Waals surface area contributed by atoms with E-state index in [1.54, 1.807) is 12.3 Å². The van der Waals surface area contributed by atoms with Crippen molar-refractivity contribution in [2.75, 3.05) is 38.2 Å². The molecule has 6 rings (SSSR count). The summed E-state index contributed by atoms with van der Waals surface area (Å²) in [4.78, 5) is 36.2. The Labute approximate surface area is 210 Å². The molecule has 3 aliphatic rings. The topological polar surface area (TPSA) is 83.8 Å². The summed E-state index contributed by atoms with van der Waals surface area (Å²) in [6.45, 7) is 3.46. The third-order valence-electron chi connectivity index (χ3n) is 7.64. The van der Waals surface area contributed by atoms with Crippen LogP contribution in [0, 0.1) is 0 Å². The first-order valence-electron chi connectivity index (χ1n) is 12.5. The highest BCUT2D eigenvalue weighted by molar-refractivity contribution is 5.89. The third kappa shape index (κ3) is 4.13. The van der Waals surface area contributed by atoms with Crippen molar-refractivity contribution in [1.29, 1.82) is 0 Å². The summed E-state index contributed by atoms with van der Waals surface area (Å²) >= 11 is 0. The van der Waals surface area contributed by atoms with Gasteiger partial charge in [0.2, 0.25) is 5.91 Å². The van der Waals surface area contributed by atoms with Crippen LogP contribution >= 0.6 is 0 Å². The minimum absolute atomic E-state index is 0.182. The molecule has 2 atom stereocenters. The van der Waals surface area contributed by atoms with E-state index in [0.717, 1.165) is 49.4 Å². The van der Waals surface area contributed by atoms with Gasteiger partial charge in [-0.25, -0.2) is 14.5 Å². The van der Waals surface area contributed by atoms with Gasteiger partial charge in [0, 0.05) is 56.4 Å². The van der Waals surface area contributed by atoms with E-state index >= 15 is 0 Å². The lowest BCUT2D eigenvalue weighted by Crippen LogP contribution is -2.56. The minimum Gasteiger partial charge on any atom is -0.465 e. The number of nitrogens with zero attached hydrogens (tertiary/aromatic N) is 6. The van der Waals surface area contributed by atoms with E-state index in [4.69, 9.17) is 4.74 Å². The fourth-order valence-corrected chi connectivity index (χ4v) is 5.90. The zero-order chi connectivity index (χ0) is 24.6. The molecule has 0 radical (unpaired) electrons. The molecule has 1 amide bonds. The second-order valence-electron chi connectivity index (χ2n) is 9.81. The zero-order valence-corrected chi connectivity index (χ0v) is 20.4. The van der Waals surface area contributed by atoms with E-state index in [0.29, 0.717) is 37.3 Å². The van der Waals surface area contributed by atoms with E-state index in [-0.39, 0.29) is 11.9 Å². The van der Waals surface area contributed by atoms with Gasteiger partial charge >= 0.3 is 5.97 Å². The highest BCUT2D eigenvalue weighted by Crippen LogP contribution is 2.34. The Morgan fingerprint density at radius 3 is 2.50 bits per heavy atom. The molecule has 0 N–H and O–H groups in total. The predicted molar refractivity (Wildman–Crippen MR) is 134 cm³/mol. The number of carbonyl (C=O) groups is 2. The monoisotopic (exact) mass is 486 g/mol. The molecule has 0 aliphatic carbocycles. The fourth-order valence-electron chi connectivity index (χ4n) is 5.90. The Morgan fingerprint density at radius 2 is 1.81 bits per heavy atom. The van der Waals surface area contributed by atoms with Gasteiger partial charge in [-0.15, -0.1) is 0 Å². The predicted octanol–water partition coefficient (Wildman–Crippen LogP) is 2.29. The van der Waals surface area contributed by atoms with Gasteiger partial charge in [0.15, 0.2) is 0 Å². The van der Waals surface area contributed by atoms with E-state index in [1.165, 1.54) is 12.8 Å². The number of para-hydroxylation sites is 1. The Balaban J connectivity index is 1.08. The van der Waals surface area contributed by atoms with Crippen LogP contribution in [0.5, 0.6) is 0 Å². The molecule has 2 saturated heterocycles. The van der Waals surface area contributed by atoms with Crippen LogP contribution in [0.2, 0.25) is 0 Å². The minimum atomic E-state index is -0.377. The first-order valence-corrected chi connectivity index (χ1v) is 12.5. The number of piperazine rings is 1. The molecule has 9 nitrogen and oxygen atoms in total. The van der Waals surface area contributed by atoms with E-state index in [1.807, 2.05) is 40.0 Å². The van der Waals surface area contributed by atoms with E-state index in [9.17, 15) is 9.59 Å². The number of hydrogen-bond donors (Lipinski definition) is 0. The van der Waals surface area contributed by atoms with Gasteiger partial charge in [-0.3, -0.25) is 9.69 Å². The fraction of sp³-hybridized carbons (Fsp3) is 0.407. The molecule has 0 saturated carbocycles. The van der Waals surface area contributed by atoms with Crippen LogP contribution in [-0.2, 0) is 22.5 Å². The summed E-state index contributed by atoms with van der Waals surface area (Å²) in [5.41, 5.74) is 3.84. The number of likely N-dealkylation sites (tertiary alicyclic amines) is 1. The number of pyridine rings is 1. The average Bonchev–Trinajstić information content (AvgIpc) is 3.46. The van der Waals surface area contributed by atoms with Gasteiger partial charge in [-0.05, 0) is 37.1 Å². The quantitative estimate of drug-likeness (QED) is 0.512. The Kier molecular flexibility index (Phi) is 5.92. The van der Waals surface area contributed by atoms with Crippen LogP contribution in [0.1, 0.15) is 34.5 Å². The Morgan fingerprint density at radius 1 is 1.03 bits per heavy atom. The molecule has 3 aromatic rings. The van der Waals surface area contributed by atoms with Gasteiger partial charge in [-0.2, -0.15) is 5.10 Å². The number of hydrogen-bond acceptors (Lipinski definition) is 7. The highest BCUT2D eigenvalue weighted by Gasteiger charge is 2.41. The number of rotatable bonds is 5. The summed E-state index contributed by atoms with van der Waals surface area (Å²) in [6.07, 6.45) is 6.46. The lowest BCUT2D eigenvalue weighted by atomic mass is 10.1. The number of amides is 1. The zero-order valence-electron chi connectivity index (χ0n) is 20.4. The van der Waals surface area contributed by atoms with Gasteiger partial charge in [-0.1, -0.05) is 18.2 Å². The van der Waals surface area contributed by atoms with Crippen LogP contribution < -0.4 is 4.90 Å². The lowest BCUT2D eigenvalue weighted by Gasteiger charge is -2.42. The van der Waals surface area contributed by atoms with Crippen molar-refractivity contribution in [2.24, 2.45) is 0 Å². The molecule has 36 heavy (non-hydrogen) atoms. The Bertz CT molecular complexity index is 1240. The third-order valence-corrected chi connectivity index (χ3v) is 7.64. The molecular formula is C27H30N6O3. The SMILES string of the molecule is COC(=O)c1ccc(N2C3CCC2CN(CC(=O)N2CCc4c(cnn4-c4ccccc4)C2)C3)nc1. The molecule has 0 spiro atoms. The molecule has 9 heteroatoms. The maximum Gasteiger partial charge on any atom is 0.339 e. The summed E-state index contributed by atoms with van der Waals surface area (Å²) in [7, 11) is 1.37. The van der Waals surface area contributed by atoms with Crippen LogP contribution in [-0.4, -0.2) is 81.8 Å². The van der Waals surface area contributed by atoms with Gasteiger partial charge in [0.25, 0.3) is 0 Å². The van der Waals surface area contributed by atoms with Crippen molar-refractivity contribution in [2.45, 2.75) is 37.9 Å². The van der Waals surface area contributed by atoms with Crippen molar-refractivity contribution < 1.29 is 14.3 Å². The average molecular weight is 487 g/mol. The number of aromatic nitrogens is 3. The van der Waals surface area contributed by atoms with Crippen molar-refractivity contribution in [3.8, 4) is 5.69 Å². The first-order chi connectivity index (χ1) is 17.6. The first kappa shape index (κ1) is 22.7. The molecule has 3 aliphatic heterocycles. The van der Waals surface area contributed by atoms with Gasteiger partial charge in [0.1, 0.15) is 5.82 Å². The molecule has 2 bridgehead atoms. The standard InChI is InChI=1S/C27H30N6O3/c1-36-27(35)19-7-10-25(28-13-19)32-22-8-9-23(32)17-30(16-22)18-26(34)31-12-11-24-20(15-31)14-29-33(24)21-5-3-2-4-6-21/h2-7,10,13-14,22-23H,8-9,11-12,15-18H2,1H3. The lowest BCUT2D eigenvalue weighted by molar-refractivity contribution is -0.133. The normalized spacial score (nSPS) is 21.4. The van der Waals surface area contributed by atoms with Crippen LogP contribution in [0.4, 0.5) is 5.82 Å². The summed E-state index contributed by atoms with van der Waals surface area (Å²) in [5, 5.41) is 4.59. The van der Waals surface area contributed by atoms with Crippen molar-refractivity contribution >= 4 is 17.7 Å². The summed E-state index contributed by atoms with van der Waals surface area (Å²) in [5.74, 6) is 0.694. The summed E-state index contributed by atoms with van der Waals surface area (Å²) in [6, 6.07) is 14.5. The number of ether oxygens (including phenoxy) is 1. The van der Waals surface area contributed by atoms with Crippen LogP contribution in [0.15, 0.2) is 54.9 Å². The molecule has 2 unspecified atom stereocenters. The summed E-state index contributed by atoms with van der Waals surface area (Å²) < 4.78 is 6.78. The van der Waals surface area contributed by atoms with Gasteiger partial charge in [0.05, 0.1) is 36.8 Å². The van der Waals surface area contributed by atoms with Gasteiger partial charge < -0.3 is 14.5 Å². The second-order valence-corrected chi connectivity index (χ2v) is 9.81. The number of anilines is 1. The highest BCUT2D eigenvalue weighted by atomic mass is 16.5. The van der Waals surface area contributed by atoms with Crippen molar-refractivity contribution in [3.63, 3.8) is 0 Å². The smallest absolute Gasteiger partial charge is 0.339 e. The molecule has 2 fully saturated rings. The van der Waals surface area contributed by atoms with E-state index in [2.05, 4.69) is 32.0 Å². The molecule has 2 aromatic heterocycles. The van der Waals surface area contributed by atoms with Crippen molar-refractivity contribution in [3.05, 3.63) is 71.7 Å². The number of fused-ring (bicyclic) bond motifs is 3. The number of methoxy groups -OCH3 is 1. The number of carbonyl (C=O) groups excluding carboxylic acids is 2. The Hall–Kier alpha value is -3.72. The molecular weight excluding hydrogens is 456 g/mol. The second kappa shape index (κ2) is 9.39. The number of esters is 1. The largest absolute Gasteiger partial charge is 0.465 e. The van der Waals surface area contributed by atoms with E-state index < -0.39 is 0 Å². The van der Waals surface area contributed by atoms with Crippen LogP contribution in [0.3, 0.4) is 0 Å².